The van der Waals surface area contributed by atoms with Gasteiger partial charge in [0.2, 0.25) is 0 Å². The highest BCUT2D eigenvalue weighted by Crippen LogP contribution is 2.37. The maximum atomic E-state index is 6.33. The first-order chi connectivity index (χ1) is 13.5. The molecule has 0 aliphatic rings. The van der Waals surface area contributed by atoms with Crippen molar-refractivity contribution in [3.8, 4) is 28.7 Å². The van der Waals surface area contributed by atoms with Crippen molar-refractivity contribution < 1.29 is 26.4 Å². The fraction of sp³-hybridized carbons (Fsp3) is 0.143. The normalized spacial score (nSPS) is 10.7. The van der Waals surface area contributed by atoms with Gasteiger partial charge in [0.15, 0.2) is 11.5 Å². The molecule has 0 fully saturated rings. The summed E-state index contributed by atoms with van der Waals surface area (Å²) in [6.45, 7) is 2.03. The predicted octanol–water partition coefficient (Wildman–Crippen LogP) is 2.14. The molecular formula is C21H18Cl3N3O2. The van der Waals surface area contributed by atoms with E-state index in [1.807, 2.05) is 35.8 Å². The number of nitrogens with zero attached hydrogens (tertiary/aromatic N) is 2. The second-order valence-corrected chi connectivity index (χ2v) is 7.12. The molecule has 0 saturated heterocycles. The third-order valence-electron chi connectivity index (χ3n) is 4.64. The van der Waals surface area contributed by atoms with Crippen LogP contribution in [0.25, 0.3) is 28.0 Å². The van der Waals surface area contributed by atoms with E-state index >= 15 is 0 Å². The van der Waals surface area contributed by atoms with Crippen LogP contribution in [0.15, 0.2) is 48.8 Å². The highest BCUT2D eigenvalue weighted by Gasteiger charge is 2.23. The minimum Gasteiger partial charge on any atom is -1.00 e. The number of halogens is 3. The minimum absolute atomic E-state index is 0. The summed E-state index contributed by atoms with van der Waals surface area (Å²) in [6, 6.07) is 11.6. The first kappa shape index (κ1) is 21.2. The molecule has 0 saturated carbocycles. The first-order valence-electron chi connectivity index (χ1n) is 8.60. The van der Waals surface area contributed by atoms with Crippen molar-refractivity contribution >= 4 is 34.0 Å². The fourth-order valence-corrected chi connectivity index (χ4v) is 3.68. The van der Waals surface area contributed by atoms with Crippen molar-refractivity contribution in [3.05, 3.63) is 64.5 Å². The van der Waals surface area contributed by atoms with Gasteiger partial charge in [0.25, 0.3) is 0 Å². The topological polar surface area (TPSA) is 51.0 Å². The van der Waals surface area contributed by atoms with E-state index in [0.29, 0.717) is 27.5 Å². The number of fused-ring (bicyclic) bond motifs is 1. The molecule has 0 aliphatic carbocycles. The quantitative estimate of drug-likeness (QED) is 0.485. The third-order valence-corrected chi connectivity index (χ3v) is 5.38. The molecule has 0 atom stereocenters. The molecule has 0 aliphatic heterocycles. The predicted molar refractivity (Wildman–Crippen MR) is 111 cm³/mol. The van der Waals surface area contributed by atoms with E-state index in [0.717, 1.165) is 27.7 Å². The number of aryl methyl sites for hydroxylation is 1. The number of hydrogen-bond acceptors (Lipinski definition) is 3. The van der Waals surface area contributed by atoms with Gasteiger partial charge in [-0.15, -0.1) is 0 Å². The lowest BCUT2D eigenvalue weighted by Crippen LogP contribution is -3.00. The average molecular weight is 451 g/mol. The Balaban J connectivity index is 0.00000240. The summed E-state index contributed by atoms with van der Waals surface area (Å²) in [7, 11) is 3.25. The number of aromatic nitrogens is 3. The summed E-state index contributed by atoms with van der Waals surface area (Å²) in [5.41, 5.74) is 2.83. The van der Waals surface area contributed by atoms with Crippen molar-refractivity contribution in [1.29, 1.82) is 0 Å². The van der Waals surface area contributed by atoms with Crippen molar-refractivity contribution in [2.24, 2.45) is 0 Å². The lowest BCUT2D eigenvalue weighted by molar-refractivity contribution is -0.597. The Morgan fingerprint density at radius 3 is 2.31 bits per heavy atom. The van der Waals surface area contributed by atoms with Crippen molar-refractivity contribution in [2.75, 3.05) is 14.2 Å². The molecule has 2 aromatic heterocycles. The number of nitrogens with one attached hydrogen (secondary N) is 1. The Hall–Kier alpha value is -2.47. The van der Waals surface area contributed by atoms with Crippen molar-refractivity contribution in [3.63, 3.8) is 0 Å². The molecule has 2 aromatic carbocycles. The zero-order valence-electron chi connectivity index (χ0n) is 16.0. The summed E-state index contributed by atoms with van der Waals surface area (Å²) < 4.78 is 13.1. The molecule has 150 valence electrons. The summed E-state index contributed by atoms with van der Waals surface area (Å²) in [6.07, 6.45) is 3.51. The van der Waals surface area contributed by atoms with E-state index in [9.17, 15) is 0 Å². The Kier molecular flexibility index (Phi) is 6.22. The van der Waals surface area contributed by atoms with Gasteiger partial charge in [-0.2, -0.15) is 4.57 Å². The lowest BCUT2D eigenvalue weighted by Gasteiger charge is -2.16. The van der Waals surface area contributed by atoms with Crippen LogP contribution in [0.5, 0.6) is 11.5 Å². The van der Waals surface area contributed by atoms with Gasteiger partial charge in [-0.1, -0.05) is 28.2 Å². The van der Waals surface area contributed by atoms with Crippen LogP contribution in [0.2, 0.25) is 10.0 Å². The van der Waals surface area contributed by atoms with Crippen molar-refractivity contribution in [1.82, 2.24) is 9.97 Å². The molecule has 8 heteroatoms. The van der Waals surface area contributed by atoms with E-state index in [-0.39, 0.29) is 12.4 Å². The summed E-state index contributed by atoms with van der Waals surface area (Å²) in [5.74, 6) is 2.02. The van der Waals surface area contributed by atoms with Gasteiger partial charge in [-0.3, -0.25) is 0 Å². The van der Waals surface area contributed by atoms with E-state index in [4.69, 9.17) is 32.7 Å². The Labute approximate surface area is 184 Å². The molecule has 0 amide bonds. The largest absolute Gasteiger partial charge is 1.00 e. The molecule has 4 rings (SSSR count). The number of ether oxygens (including phenoxy) is 2. The SMILES string of the molecule is COc1cc2cc(C)[n+](-c3ncc[nH]3)c(-c3ccc(Cl)c(Cl)c3)c2cc1OC.[Cl-]. The minimum atomic E-state index is 0. The molecule has 29 heavy (non-hydrogen) atoms. The molecule has 0 bridgehead atoms. The Morgan fingerprint density at radius 2 is 1.69 bits per heavy atom. The van der Waals surface area contributed by atoms with E-state index in [1.54, 1.807) is 32.7 Å². The Morgan fingerprint density at radius 1 is 0.966 bits per heavy atom. The van der Waals surface area contributed by atoms with Crippen LogP contribution < -0.4 is 26.4 Å². The number of pyridine rings is 1. The number of imidazole rings is 1. The Bertz CT molecular complexity index is 1180. The highest BCUT2D eigenvalue weighted by atomic mass is 35.5. The van der Waals surface area contributed by atoms with Gasteiger partial charge in [0, 0.05) is 10.9 Å². The van der Waals surface area contributed by atoms with Crippen molar-refractivity contribution in [2.45, 2.75) is 6.92 Å². The lowest BCUT2D eigenvalue weighted by atomic mass is 10.0. The molecule has 2 heterocycles. The number of methoxy groups -OCH3 is 2. The van der Waals surface area contributed by atoms with Gasteiger partial charge < -0.3 is 21.9 Å². The smallest absolute Gasteiger partial charge is 0.401 e. The number of hydrogen-bond donors (Lipinski definition) is 1. The van der Waals surface area contributed by atoms with Gasteiger partial charge in [0.1, 0.15) is 11.9 Å². The summed E-state index contributed by atoms with van der Waals surface area (Å²) in [4.78, 5) is 7.63. The number of H-pyrrole nitrogens is 1. The molecule has 4 aromatic rings. The van der Waals surface area contributed by atoms with Gasteiger partial charge in [-0.25, -0.2) is 4.98 Å². The van der Waals surface area contributed by atoms with Crippen LogP contribution in [0.4, 0.5) is 0 Å². The zero-order valence-corrected chi connectivity index (χ0v) is 18.2. The number of rotatable bonds is 4. The van der Waals surface area contributed by atoms with Gasteiger partial charge in [0.05, 0.1) is 36.2 Å². The fourth-order valence-electron chi connectivity index (χ4n) is 3.39. The zero-order chi connectivity index (χ0) is 19.8. The number of benzene rings is 2. The van der Waals surface area contributed by atoms with Crippen LogP contribution in [0.1, 0.15) is 5.69 Å². The molecule has 0 unspecified atom stereocenters. The summed E-state index contributed by atoms with van der Waals surface area (Å²) in [5, 5.41) is 2.98. The maximum Gasteiger partial charge on any atom is 0.401 e. The highest BCUT2D eigenvalue weighted by molar-refractivity contribution is 6.42. The van der Waals surface area contributed by atoms with Crippen LogP contribution in [-0.2, 0) is 0 Å². The maximum absolute atomic E-state index is 6.33. The third kappa shape index (κ3) is 3.73. The molecular weight excluding hydrogens is 433 g/mol. The van der Waals surface area contributed by atoms with E-state index in [1.165, 1.54) is 0 Å². The molecule has 0 spiro atoms. The molecule has 0 radical (unpaired) electrons. The monoisotopic (exact) mass is 449 g/mol. The van der Waals surface area contributed by atoms with Crippen LogP contribution >= 0.6 is 23.2 Å². The van der Waals surface area contributed by atoms with Gasteiger partial charge in [-0.05, 0) is 48.7 Å². The van der Waals surface area contributed by atoms with Crippen LogP contribution in [0.3, 0.4) is 0 Å². The second-order valence-electron chi connectivity index (χ2n) is 6.31. The van der Waals surface area contributed by atoms with E-state index in [2.05, 4.69) is 16.0 Å². The standard InChI is InChI=1S/C21H18Cl2N3O2.ClH/c1-12-8-14-10-18(27-2)19(28-3)11-15(14)20(26(12)21-24-6-7-25-21)13-4-5-16(22)17(23)9-13;/h4-11H,1-3H3,(H,24,25);1H/q+1;/p-1. The number of aromatic amines is 1. The average Bonchev–Trinajstić information content (AvgIpc) is 3.22. The van der Waals surface area contributed by atoms with Crippen LogP contribution in [-0.4, -0.2) is 24.2 Å². The summed E-state index contributed by atoms with van der Waals surface area (Å²) >= 11 is 12.5. The van der Waals surface area contributed by atoms with E-state index < -0.39 is 0 Å². The molecule has 5 nitrogen and oxygen atoms in total. The first-order valence-corrected chi connectivity index (χ1v) is 9.35. The molecule has 1 N–H and O–H groups in total. The second kappa shape index (κ2) is 8.49. The van der Waals surface area contributed by atoms with Crippen LogP contribution in [0, 0.1) is 6.92 Å². The van der Waals surface area contributed by atoms with Gasteiger partial charge >= 0.3 is 5.95 Å².